The summed E-state index contributed by atoms with van der Waals surface area (Å²) < 4.78 is 22.1. The van der Waals surface area contributed by atoms with Crippen molar-refractivity contribution < 1.29 is 19.1 Å². The van der Waals surface area contributed by atoms with E-state index in [2.05, 4.69) is 69.5 Å². The Morgan fingerprint density at radius 3 is 1.35 bits per heavy atom. The quantitative estimate of drug-likeness (QED) is 0.0728. The molecular formula is C71H89N11O6. The van der Waals surface area contributed by atoms with E-state index in [1.54, 1.807) is 46.6 Å². The Morgan fingerprint density at radius 2 is 0.920 bits per heavy atom. The molecule has 0 spiro atoms. The predicted molar refractivity (Wildman–Crippen MR) is 354 cm³/mol. The summed E-state index contributed by atoms with van der Waals surface area (Å²) in [7, 11) is 7.06. The second kappa shape index (κ2) is 29.1. The minimum atomic E-state index is -0.294. The molecule has 17 heteroatoms. The third kappa shape index (κ3) is 13.8. The van der Waals surface area contributed by atoms with Crippen LogP contribution in [0.15, 0.2) is 155 Å². The number of hydrogen-bond acceptors (Lipinski definition) is 9. The van der Waals surface area contributed by atoms with Gasteiger partial charge >= 0.3 is 11.4 Å². The van der Waals surface area contributed by atoms with Crippen LogP contribution < -0.4 is 17.1 Å². The topological polar surface area (TPSA) is 175 Å². The van der Waals surface area contributed by atoms with E-state index in [1.807, 2.05) is 102 Å². The summed E-state index contributed by atoms with van der Waals surface area (Å²) in [6.07, 6.45) is 8.02. The number of benzene rings is 6. The van der Waals surface area contributed by atoms with Gasteiger partial charge in [0.2, 0.25) is 11.8 Å². The molecule has 2 N–H and O–H groups in total. The van der Waals surface area contributed by atoms with Crippen molar-refractivity contribution in [2.45, 2.75) is 117 Å². The third-order valence-corrected chi connectivity index (χ3v) is 17.5. The van der Waals surface area contributed by atoms with Crippen LogP contribution in [0.5, 0.6) is 0 Å². The molecule has 0 radical (unpaired) electrons. The molecule has 0 unspecified atom stereocenters. The fourth-order valence-electron chi connectivity index (χ4n) is 13.1. The van der Waals surface area contributed by atoms with Gasteiger partial charge < -0.3 is 34.1 Å². The maximum Gasteiger partial charge on any atom is 0.333 e. The van der Waals surface area contributed by atoms with Crippen LogP contribution >= 0.6 is 0 Å². The van der Waals surface area contributed by atoms with Crippen LogP contribution in [0.25, 0.3) is 55.5 Å². The molecule has 2 aliphatic heterocycles. The van der Waals surface area contributed by atoms with Gasteiger partial charge in [-0.25, -0.2) is 19.6 Å². The van der Waals surface area contributed by atoms with Gasteiger partial charge in [0.15, 0.2) is 0 Å². The molecule has 2 amide bonds. The highest BCUT2D eigenvalue weighted by molar-refractivity contribution is 5.81. The van der Waals surface area contributed by atoms with E-state index < -0.39 is 0 Å². The van der Waals surface area contributed by atoms with Crippen LogP contribution in [0.3, 0.4) is 0 Å². The van der Waals surface area contributed by atoms with Gasteiger partial charge in [0.1, 0.15) is 11.6 Å². The summed E-state index contributed by atoms with van der Waals surface area (Å²) in [5, 5.41) is 0. The Kier molecular flexibility index (Phi) is 21.2. The first-order chi connectivity index (χ1) is 41.9. The lowest BCUT2D eigenvalue weighted by Crippen LogP contribution is -2.42. The van der Waals surface area contributed by atoms with Gasteiger partial charge in [-0.05, 0) is 141 Å². The largest absolute Gasteiger partial charge is 0.385 e. The second-order valence-electron chi connectivity index (χ2n) is 23.6. The number of imidazole rings is 4. The number of para-hydroxylation sites is 8. The summed E-state index contributed by atoms with van der Waals surface area (Å²) in [5.41, 5.74) is 18.1. The first-order valence-electron chi connectivity index (χ1n) is 30.6. The van der Waals surface area contributed by atoms with Crippen LogP contribution in [0.4, 0.5) is 0 Å². The van der Waals surface area contributed by atoms with Gasteiger partial charge in [0.25, 0.3) is 0 Å². The molecule has 4 atom stereocenters. The monoisotopic (exact) mass is 1190 g/mol. The van der Waals surface area contributed by atoms with Crippen LogP contribution in [0.2, 0.25) is 0 Å². The standard InChI is InChI=1S/C35H41N5O3.C34H40N6O3.2CH4/c1-25(22-26-15-17-28(18-16-26)40-32-14-7-6-13-31(32)37(2)35(40)42)23-33(41)38-19-8-10-27(24-38)34-36-29-11-4-5-12-30(29)39(34)20-9-21-43-3;1-37-30-12-5-6-13-31(30)40(34(37)42)27-16-14-24(15-17-27)21-26(35)22-32(41)38-18-7-9-25(23-38)33-36-28-10-3-4-11-29(28)39(33)19-8-20-43-2;;/h4-7,11-18,25,27H,8-10,19-24H2,1-3H3;3-6,10-17,25-26H,7-9,18-23,35H2,1-2H3;2*1H4/t25-,27-;25-,26-;;/m11../s1. The normalized spacial score (nSPS) is 15.9. The van der Waals surface area contributed by atoms with E-state index in [-0.39, 0.29) is 61.8 Å². The number of ether oxygens (including phenoxy) is 2. The molecule has 12 rings (SSSR count). The van der Waals surface area contributed by atoms with Gasteiger partial charge in [-0.2, -0.15) is 0 Å². The number of carbonyl (C=O) groups is 2. The molecule has 4 aromatic heterocycles. The maximum absolute atomic E-state index is 13.5. The number of nitrogens with two attached hydrogens (primary N) is 1. The zero-order valence-corrected chi connectivity index (χ0v) is 50.4. The summed E-state index contributed by atoms with van der Waals surface area (Å²) in [5.74, 6) is 3.09. The van der Waals surface area contributed by atoms with Gasteiger partial charge in [-0.15, -0.1) is 0 Å². The van der Waals surface area contributed by atoms with Crippen molar-refractivity contribution in [2.75, 3.05) is 53.6 Å². The Bertz CT molecular complexity index is 3830. The van der Waals surface area contributed by atoms with Crippen LogP contribution in [0, 0.1) is 5.92 Å². The van der Waals surface area contributed by atoms with Crippen molar-refractivity contribution in [3.05, 3.63) is 189 Å². The van der Waals surface area contributed by atoms with E-state index >= 15 is 0 Å². The number of likely N-dealkylation sites (tertiary alicyclic amines) is 2. The van der Waals surface area contributed by atoms with E-state index in [9.17, 15) is 19.2 Å². The molecule has 2 aliphatic rings. The first kappa shape index (κ1) is 64.1. The number of carbonyl (C=O) groups excluding carboxylic acids is 2. The molecule has 2 saturated heterocycles. The van der Waals surface area contributed by atoms with Crippen molar-refractivity contribution in [3.8, 4) is 11.4 Å². The summed E-state index contributed by atoms with van der Waals surface area (Å²) >= 11 is 0. The van der Waals surface area contributed by atoms with Gasteiger partial charge in [-0.1, -0.05) is 94.6 Å². The van der Waals surface area contributed by atoms with Crippen molar-refractivity contribution in [1.82, 2.24) is 47.2 Å². The second-order valence-corrected chi connectivity index (χ2v) is 23.6. The van der Waals surface area contributed by atoms with Crippen LogP contribution in [-0.2, 0) is 59.1 Å². The van der Waals surface area contributed by atoms with Gasteiger partial charge in [0.05, 0.1) is 55.5 Å². The number of nitrogens with zero attached hydrogens (tertiary/aromatic N) is 10. The molecule has 88 heavy (non-hydrogen) atoms. The number of amides is 2. The van der Waals surface area contributed by atoms with E-state index in [1.165, 1.54) is 5.56 Å². The average Bonchev–Trinajstić information content (AvgIpc) is 1.98. The van der Waals surface area contributed by atoms with Gasteiger partial charge in [-0.3, -0.25) is 27.9 Å². The summed E-state index contributed by atoms with van der Waals surface area (Å²) in [4.78, 5) is 66.8. The predicted octanol–water partition coefficient (Wildman–Crippen LogP) is 11.3. The van der Waals surface area contributed by atoms with Crippen LogP contribution in [0.1, 0.15) is 108 Å². The third-order valence-electron chi connectivity index (χ3n) is 17.5. The Balaban J connectivity index is 0.000000205. The smallest absolute Gasteiger partial charge is 0.333 e. The van der Waals surface area contributed by atoms with Gasteiger partial charge in [0, 0.05) is 112 Å². The molecule has 0 bridgehead atoms. The SMILES string of the molecule is C.C.COCCCn1c([C@@H]2CCCN(C(=O)C[C@H](C)Cc3ccc(-n4c(=O)n(C)c5ccccc54)cc3)C2)nc2ccccc21.COCCCn1c([C@@H]2CCCN(C(=O)C[C@H](N)Cc3ccc(-n4c(=O)n(C)c5ccccc54)cc3)C2)nc2ccccc21. The van der Waals surface area contributed by atoms with Crippen molar-refractivity contribution >= 4 is 55.9 Å². The van der Waals surface area contributed by atoms with E-state index in [4.69, 9.17) is 25.2 Å². The van der Waals surface area contributed by atoms with E-state index in [0.717, 1.165) is 144 Å². The summed E-state index contributed by atoms with van der Waals surface area (Å²) in [6, 6.07) is 47.9. The Hall–Kier alpha value is -8.38. The fraction of sp³-hybridized carbons (Fsp3) is 0.408. The lowest BCUT2D eigenvalue weighted by atomic mass is 9.94. The Morgan fingerprint density at radius 1 is 0.534 bits per heavy atom. The number of aryl methyl sites for hydroxylation is 4. The Labute approximate surface area is 516 Å². The number of piperidine rings is 2. The fourth-order valence-corrected chi connectivity index (χ4v) is 13.1. The molecule has 17 nitrogen and oxygen atoms in total. The zero-order chi connectivity index (χ0) is 59.8. The zero-order valence-electron chi connectivity index (χ0n) is 50.4. The molecule has 10 aromatic rings. The first-order valence-corrected chi connectivity index (χ1v) is 30.6. The van der Waals surface area contributed by atoms with Crippen molar-refractivity contribution in [1.29, 1.82) is 0 Å². The maximum atomic E-state index is 13.5. The van der Waals surface area contributed by atoms with E-state index in [0.29, 0.717) is 45.6 Å². The highest BCUT2D eigenvalue weighted by Gasteiger charge is 2.31. The van der Waals surface area contributed by atoms with Crippen molar-refractivity contribution in [2.24, 2.45) is 25.7 Å². The molecule has 464 valence electrons. The average molecular weight is 1190 g/mol. The van der Waals surface area contributed by atoms with Crippen molar-refractivity contribution in [3.63, 3.8) is 0 Å². The lowest BCUT2D eigenvalue weighted by molar-refractivity contribution is -0.133. The number of methoxy groups -OCH3 is 2. The highest BCUT2D eigenvalue weighted by atomic mass is 16.5. The number of rotatable bonds is 20. The number of fused-ring (bicyclic) bond motifs is 4. The lowest BCUT2D eigenvalue weighted by Gasteiger charge is -2.33. The number of aromatic nitrogens is 8. The molecule has 6 aromatic carbocycles. The molecule has 0 aliphatic carbocycles. The number of hydrogen-bond donors (Lipinski definition) is 1. The molecule has 6 heterocycles. The van der Waals surface area contributed by atoms with Crippen LogP contribution in [-0.4, -0.2) is 119 Å². The molecule has 0 saturated carbocycles. The molecular weight excluding hydrogens is 1100 g/mol. The minimum absolute atomic E-state index is 0. The highest BCUT2D eigenvalue weighted by Crippen LogP contribution is 2.33. The molecule has 2 fully saturated rings. The minimum Gasteiger partial charge on any atom is -0.385 e. The summed E-state index contributed by atoms with van der Waals surface area (Å²) in [6.45, 7) is 8.19.